The van der Waals surface area contributed by atoms with Crippen LogP contribution in [0.2, 0.25) is 5.02 Å². The van der Waals surface area contributed by atoms with Crippen LogP contribution in [-0.4, -0.2) is 51.6 Å². The van der Waals surface area contributed by atoms with E-state index in [1.807, 2.05) is 42.5 Å². The molecule has 2 N–H and O–H groups in total. The van der Waals surface area contributed by atoms with Gasteiger partial charge in [-0.25, -0.2) is 9.50 Å². The van der Waals surface area contributed by atoms with Crippen LogP contribution in [0.25, 0.3) is 16.8 Å². The topological polar surface area (TPSA) is 74.6 Å². The van der Waals surface area contributed by atoms with E-state index in [1.54, 1.807) is 23.0 Å². The van der Waals surface area contributed by atoms with Crippen molar-refractivity contribution in [2.45, 2.75) is 6.54 Å². The lowest BCUT2D eigenvalue weighted by Crippen LogP contribution is -2.43. The number of piperazine rings is 1. The summed E-state index contributed by atoms with van der Waals surface area (Å²) in [6.07, 6.45) is 3.48. The highest BCUT2D eigenvalue weighted by molar-refractivity contribution is 6.30. The zero-order chi connectivity index (χ0) is 21.9. The summed E-state index contributed by atoms with van der Waals surface area (Å²) in [7, 11) is 0. The third-order valence-electron chi connectivity index (χ3n) is 5.61. The number of benzene rings is 2. The second-order valence-corrected chi connectivity index (χ2v) is 8.22. The normalized spacial score (nSPS) is 14.5. The summed E-state index contributed by atoms with van der Waals surface area (Å²) in [5.74, 6) is -0.251. The molecule has 1 aliphatic heterocycles. The van der Waals surface area contributed by atoms with Gasteiger partial charge >= 0.3 is 0 Å². The van der Waals surface area contributed by atoms with Crippen LogP contribution in [0, 0.1) is 0 Å². The number of carbonyl (C=O) groups is 1. The van der Waals surface area contributed by atoms with E-state index >= 15 is 0 Å². The summed E-state index contributed by atoms with van der Waals surface area (Å²) >= 11 is 6.15. The lowest BCUT2D eigenvalue weighted by molar-refractivity contribution is 0.102. The number of aromatic nitrogens is 3. The highest BCUT2D eigenvalue weighted by atomic mass is 35.5. The Morgan fingerprint density at radius 3 is 2.78 bits per heavy atom. The Labute approximate surface area is 191 Å². The number of rotatable bonds is 5. The van der Waals surface area contributed by atoms with Crippen molar-refractivity contribution in [1.29, 1.82) is 0 Å². The number of nitrogens with zero attached hydrogens (tertiary/aromatic N) is 4. The molecular formula is C24H23ClN6O. The fraction of sp³-hybridized carbons (Fsp3) is 0.208. The molecule has 0 saturated carbocycles. The molecule has 2 aromatic heterocycles. The Morgan fingerprint density at radius 2 is 1.94 bits per heavy atom. The third kappa shape index (κ3) is 4.36. The average molecular weight is 447 g/mol. The molecule has 3 heterocycles. The van der Waals surface area contributed by atoms with Gasteiger partial charge in [0.15, 0.2) is 5.65 Å². The first-order chi connectivity index (χ1) is 15.7. The van der Waals surface area contributed by atoms with Crippen LogP contribution in [0.5, 0.6) is 0 Å². The molecule has 2 aromatic carbocycles. The first kappa shape index (κ1) is 20.6. The van der Waals surface area contributed by atoms with Crippen molar-refractivity contribution in [1.82, 2.24) is 24.8 Å². The molecular weight excluding hydrogens is 424 g/mol. The van der Waals surface area contributed by atoms with Gasteiger partial charge in [-0.2, -0.15) is 5.10 Å². The minimum absolute atomic E-state index is 0.251. The molecule has 0 aliphatic carbocycles. The zero-order valence-corrected chi connectivity index (χ0v) is 18.2. The van der Waals surface area contributed by atoms with Crippen molar-refractivity contribution >= 4 is 28.8 Å². The highest BCUT2D eigenvalue weighted by Gasteiger charge is 2.16. The number of para-hydroxylation sites is 1. The van der Waals surface area contributed by atoms with E-state index in [9.17, 15) is 4.79 Å². The molecule has 7 nitrogen and oxygen atoms in total. The van der Waals surface area contributed by atoms with Gasteiger partial charge in [-0.1, -0.05) is 41.9 Å². The van der Waals surface area contributed by atoms with Gasteiger partial charge < -0.3 is 10.6 Å². The Balaban J connectivity index is 1.40. The fourth-order valence-corrected chi connectivity index (χ4v) is 4.12. The van der Waals surface area contributed by atoms with Crippen LogP contribution in [-0.2, 0) is 6.54 Å². The molecule has 162 valence electrons. The standard InChI is InChI=1S/C24H23ClN6O/c25-19-6-3-5-17(14-19)20-15-27-31-11-8-22(28-23(20)31)24(32)29-21-7-2-1-4-18(21)16-30-12-9-26-10-13-30/h1-8,11,14-15,26H,9-10,12-13,16H2,(H,29,32). The van der Waals surface area contributed by atoms with E-state index in [4.69, 9.17) is 11.6 Å². The van der Waals surface area contributed by atoms with Crippen molar-refractivity contribution in [2.75, 3.05) is 31.5 Å². The number of hydrogen-bond donors (Lipinski definition) is 2. The predicted molar refractivity (Wildman–Crippen MR) is 126 cm³/mol. The fourth-order valence-electron chi connectivity index (χ4n) is 3.93. The number of amides is 1. The van der Waals surface area contributed by atoms with Gasteiger partial charge in [0.1, 0.15) is 5.69 Å². The van der Waals surface area contributed by atoms with Crippen LogP contribution in [0.4, 0.5) is 5.69 Å². The second-order valence-electron chi connectivity index (χ2n) is 7.79. The number of anilines is 1. The summed E-state index contributed by atoms with van der Waals surface area (Å²) in [5.41, 5.74) is 4.56. The van der Waals surface area contributed by atoms with E-state index in [0.29, 0.717) is 16.4 Å². The van der Waals surface area contributed by atoms with Crippen molar-refractivity contribution in [2.24, 2.45) is 0 Å². The quantitative estimate of drug-likeness (QED) is 0.489. The molecule has 1 saturated heterocycles. The van der Waals surface area contributed by atoms with Crippen molar-refractivity contribution in [3.8, 4) is 11.1 Å². The van der Waals surface area contributed by atoms with E-state index in [1.165, 1.54) is 0 Å². The van der Waals surface area contributed by atoms with Crippen molar-refractivity contribution < 1.29 is 4.79 Å². The Bertz CT molecular complexity index is 1260. The van der Waals surface area contributed by atoms with E-state index in [2.05, 4.69) is 31.7 Å². The minimum atomic E-state index is -0.251. The summed E-state index contributed by atoms with van der Waals surface area (Å²) in [6.45, 7) is 4.76. The molecule has 32 heavy (non-hydrogen) atoms. The summed E-state index contributed by atoms with van der Waals surface area (Å²) < 4.78 is 1.66. The SMILES string of the molecule is O=C(Nc1ccccc1CN1CCNCC1)c1ccn2ncc(-c3cccc(Cl)c3)c2n1. The minimum Gasteiger partial charge on any atom is -0.320 e. The molecule has 1 aliphatic rings. The van der Waals surface area contributed by atoms with Crippen LogP contribution in [0.1, 0.15) is 16.1 Å². The zero-order valence-electron chi connectivity index (χ0n) is 17.5. The second kappa shape index (κ2) is 9.08. The molecule has 1 fully saturated rings. The van der Waals surface area contributed by atoms with Crippen molar-refractivity contribution in [3.63, 3.8) is 0 Å². The van der Waals surface area contributed by atoms with Gasteiger partial charge in [0, 0.05) is 55.2 Å². The van der Waals surface area contributed by atoms with Gasteiger partial charge in [-0.3, -0.25) is 9.69 Å². The Kier molecular flexibility index (Phi) is 5.85. The van der Waals surface area contributed by atoms with Gasteiger partial charge in [0.05, 0.1) is 6.20 Å². The summed E-state index contributed by atoms with van der Waals surface area (Å²) in [6, 6.07) is 17.1. The molecule has 0 atom stereocenters. The number of fused-ring (bicyclic) bond motifs is 1. The van der Waals surface area contributed by atoms with Gasteiger partial charge in [-0.05, 0) is 35.4 Å². The lowest BCUT2D eigenvalue weighted by atomic mass is 10.1. The first-order valence-electron chi connectivity index (χ1n) is 10.6. The Hall–Kier alpha value is -3.26. The molecule has 0 radical (unpaired) electrons. The molecule has 1 amide bonds. The maximum Gasteiger partial charge on any atom is 0.274 e. The number of halogens is 1. The highest BCUT2D eigenvalue weighted by Crippen LogP contribution is 2.26. The largest absolute Gasteiger partial charge is 0.320 e. The molecule has 0 bridgehead atoms. The number of nitrogens with one attached hydrogen (secondary N) is 2. The summed E-state index contributed by atoms with van der Waals surface area (Å²) in [5, 5.41) is 11.4. The van der Waals surface area contributed by atoms with Crippen LogP contribution >= 0.6 is 11.6 Å². The molecule has 0 unspecified atom stereocenters. The first-order valence-corrected chi connectivity index (χ1v) is 11.0. The number of hydrogen-bond acceptors (Lipinski definition) is 5. The average Bonchev–Trinajstić information content (AvgIpc) is 3.24. The van der Waals surface area contributed by atoms with Crippen LogP contribution in [0.15, 0.2) is 67.0 Å². The van der Waals surface area contributed by atoms with E-state index < -0.39 is 0 Å². The smallest absolute Gasteiger partial charge is 0.274 e. The third-order valence-corrected chi connectivity index (χ3v) is 5.84. The molecule has 4 aromatic rings. The van der Waals surface area contributed by atoms with Crippen LogP contribution < -0.4 is 10.6 Å². The summed E-state index contributed by atoms with van der Waals surface area (Å²) in [4.78, 5) is 20.1. The monoisotopic (exact) mass is 446 g/mol. The Morgan fingerprint density at radius 1 is 1.09 bits per heavy atom. The van der Waals surface area contributed by atoms with Gasteiger partial charge in [-0.15, -0.1) is 0 Å². The molecule has 0 spiro atoms. The predicted octanol–water partition coefficient (Wildman–Crippen LogP) is 3.71. The van der Waals surface area contributed by atoms with Crippen LogP contribution in [0.3, 0.4) is 0 Å². The van der Waals surface area contributed by atoms with Crippen molar-refractivity contribution in [3.05, 3.63) is 83.3 Å². The van der Waals surface area contributed by atoms with Gasteiger partial charge in [0.25, 0.3) is 5.91 Å². The molecule has 5 rings (SSSR count). The molecule has 8 heteroatoms. The van der Waals surface area contributed by atoms with E-state index in [-0.39, 0.29) is 5.91 Å². The van der Waals surface area contributed by atoms with Gasteiger partial charge in [0.2, 0.25) is 0 Å². The lowest BCUT2D eigenvalue weighted by Gasteiger charge is -2.28. The van der Waals surface area contributed by atoms with E-state index in [0.717, 1.165) is 55.1 Å². The maximum atomic E-state index is 13.1. The maximum absolute atomic E-state index is 13.1. The number of carbonyl (C=O) groups excluding carboxylic acids is 1.